The molecule has 0 unspecified atom stereocenters. The standard InChI is InChI=1S/C18H23N3O2S/c1-18(23,14-8-10-24-12-14)13-19-17(22)20-15-7-9-21(11-15)16-5-3-2-4-6-16/h2-6,8,10,12,15,23H,7,9,11,13H2,1H3,(H2,19,20,22)/t15-,18-/m1/s1. The molecule has 2 atom stereocenters. The number of hydrogen-bond donors (Lipinski definition) is 3. The van der Waals surface area contributed by atoms with Gasteiger partial charge in [0.15, 0.2) is 0 Å². The van der Waals surface area contributed by atoms with Crippen molar-refractivity contribution in [3.05, 3.63) is 52.7 Å². The van der Waals surface area contributed by atoms with E-state index in [-0.39, 0.29) is 18.6 Å². The van der Waals surface area contributed by atoms with Crippen molar-refractivity contribution in [3.63, 3.8) is 0 Å². The van der Waals surface area contributed by atoms with E-state index in [1.54, 1.807) is 6.92 Å². The third kappa shape index (κ3) is 4.07. The number of aliphatic hydroxyl groups is 1. The molecule has 2 aromatic rings. The summed E-state index contributed by atoms with van der Waals surface area (Å²) in [6.07, 6.45) is 0.920. The van der Waals surface area contributed by atoms with E-state index in [0.29, 0.717) is 0 Å². The van der Waals surface area contributed by atoms with Gasteiger partial charge in [-0.1, -0.05) is 18.2 Å². The van der Waals surface area contributed by atoms with Gasteiger partial charge in [0.1, 0.15) is 5.60 Å². The van der Waals surface area contributed by atoms with Crippen LogP contribution in [0.4, 0.5) is 10.5 Å². The number of nitrogens with zero attached hydrogens (tertiary/aromatic N) is 1. The van der Waals surface area contributed by atoms with Crippen molar-refractivity contribution >= 4 is 23.1 Å². The largest absolute Gasteiger partial charge is 0.384 e. The Kier molecular flexibility index (Phi) is 5.06. The van der Waals surface area contributed by atoms with Gasteiger partial charge in [-0.25, -0.2) is 4.79 Å². The van der Waals surface area contributed by atoms with Crippen LogP contribution in [0, 0.1) is 0 Å². The van der Waals surface area contributed by atoms with Crippen LogP contribution in [0.15, 0.2) is 47.2 Å². The van der Waals surface area contributed by atoms with Crippen LogP contribution in [0.3, 0.4) is 0 Å². The number of carbonyl (C=O) groups is 1. The first-order valence-electron chi connectivity index (χ1n) is 8.14. The molecular formula is C18H23N3O2S. The summed E-state index contributed by atoms with van der Waals surface area (Å²) in [5.74, 6) is 0. The summed E-state index contributed by atoms with van der Waals surface area (Å²) in [7, 11) is 0. The van der Waals surface area contributed by atoms with Crippen molar-refractivity contribution in [2.24, 2.45) is 0 Å². The van der Waals surface area contributed by atoms with Crippen molar-refractivity contribution in [2.45, 2.75) is 25.0 Å². The minimum atomic E-state index is -1.05. The van der Waals surface area contributed by atoms with Gasteiger partial charge in [0.05, 0.1) is 6.54 Å². The van der Waals surface area contributed by atoms with E-state index in [0.717, 1.165) is 25.1 Å². The molecule has 6 heteroatoms. The highest BCUT2D eigenvalue weighted by atomic mass is 32.1. The third-order valence-electron chi connectivity index (χ3n) is 4.38. The van der Waals surface area contributed by atoms with Crippen LogP contribution in [0.5, 0.6) is 0 Å². The van der Waals surface area contributed by atoms with Gasteiger partial charge in [-0.3, -0.25) is 0 Å². The van der Waals surface area contributed by atoms with Gasteiger partial charge in [0, 0.05) is 24.8 Å². The Morgan fingerprint density at radius 2 is 2.17 bits per heavy atom. The Hall–Kier alpha value is -2.05. The fourth-order valence-corrected chi connectivity index (χ4v) is 3.70. The van der Waals surface area contributed by atoms with Gasteiger partial charge < -0.3 is 20.6 Å². The summed E-state index contributed by atoms with van der Waals surface area (Å²) in [4.78, 5) is 14.4. The number of rotatable bonds is 5. The van der Waals surface area contributed by atoms with E-state index < -0.39 is 5.60 Å². The molecule has 1 fully saturated rings. The topological polar surface area (TPSA) is 64.6 Å². The van der Waals surface area contributed by atoms with E-state index >= 15 is 0 Å². The zero-order valence-electron chi connectivity index (χ0n) is 13.7. The monoisotopic (exact) mass is 345 g/mol. The van der Waals surface area contributed by atoms with Crippen LogP contribution >= 0.6 is 11.3 Å². The van der Waals surface area contributed by atoms with Gasteiger partial charge in [0.2, 0.25) is 0 Å². The van der Waals surface area contributed by atoms with Crippen molar-refractivity contribution in [1.29, 1.82) is 0 Å². The van der Waals surface area contributed by atoms with Crippen LogP contribution in [-0.2, 0) is 5.60 Å². The number of amides is 2. The molecule has 1 aliphatic rings. The lowest BCUT2D eigenvalue weighted by atomic mass is 9.99. The molecule has 0 spiro atoms. The molecule has 3 rings (SSSR count). The van der Waals surface area contributed by atoms with E-state index in [4.69, 9.17) is 0 Å². The molecule has 1 aromatic carbocycles. The predicted molar refractivity (Wildman–Crippen MR) is 97.5 cm³/mol. The molecule has 0 saturated carbocycles. The van der Waals surface area contributed by atoms with Crippen LogP contribution in [0.2, 0.25) is 0 Å². The lowest BCUT2D eigenvalue weighted by Crippen LogP contribution is -2.47. The summed E-state index contributed by atoms with van der Waals surface area (Å²) in [6, 6.07) is 12.0. The molecule has 1 aromatic heterocycles. The first-order chi connectivity index (χ1) is 11.5. The summed E-state index contributed by atoms with van der Waals surface area (Å²) in [6.45, 7) is 3.63. The third-order valence-corrected chi connectivity index (χ3v) is 5.06. The average molecular weight is 345 g/mol. The normalized spacial score (nSPS) is 19.8. The number of para-hydroxylation sites is 1. The van der Waals surface area contributed by atoms with E-state index in [2.05, 4.69) is 27.7 Å². The highest BCUT2D eigenvalue weighted by Crippen LogP contribution is 2.22. The second-order valence-corrected chi connectivity index (χ2v) is 7.16. The molecule has 1 aliphatic heterocycles. The van der Waals surface area contributed by atoms with Crippen LogP contribution in [-0.4, -0.2) is 36.8 Å². The summed E-state index contributed by atoms with van der Waals surface area (Å²) >= 11 is 1.53. The zero-order valence-corrected chi connectivity index (χ0v) is 14.6. The lowest BCUT2D eigenvalue weighted by Gasteiger charge is -2.24. The first-order valence-corrected chi connectivity index (χ1v) is 9.08. The zero-order chi connectivity index (χ0) is 17.0. The fourth-order valence-electron chi connectivity index (χ4n) is 2.91. The van der Waals surface area contributed by atoms with E-state index in [1.165, 1.54) is 17.0 Å². The minimum Gasteiger partial charge on any atom is -0.384 e. The van der Waals surface area contributed by atoms with Gasteiger partial charge in [0.25, 0.3) is 0 Å². The molecule has 3 N–H and O–H groups in total. The lowest BCUT2D eigenvalue weighted by molar-refractivity contribution is 0.0597. The SMILES string of the molecule is C[C@@](O)(CNC(=O)N[C@@H]1CCN(c2ccccc2)C1)c1ccsc1. The first kappa shape index (κ1) is 16.8. The maximum atomic E-state index is 12.1. The number of hydrogen-bond acceptors (Lipinski definition) is 4. The number of nitrogens with one attached hydrogen (secondary N) is 2. The van der Waals surface area contributed by atoms with E-state index in [9.17, 15) is 9.90 Å². The summed E-state index contributed by atoms with van der Waals surface area (Å²) < 4.78 is 0. The summed E-state index contributed by atoms with van der Waals surface area (Å²) in [5.41, 5.74) is 0.954. The maximum Gasteiger partial charge on any atom is 0.315 e. The number of thiophene rings is 1. The second kappa shape index (κ2) is 7.23. The highest BCUT2D eigenvalue weighted by Gasteiger charge is 2.27. The van der Waals surface area contributed by atoms with Crippen molar-refractivity contribution in [3.8, 4) is 0 Å². The maximum absolute atomic E-state index is 12.1. The van der Waals surface area contributed by atoms with E-state index in [1.807, 2.05) is 35.0 Å². The molecule has 0 aliphatic carbocycles. The number of urea groups is 1. The molecule has 0 bridgehead atoms. The Labute approximate surface area is 146 Å². The molecule has 5 nitrogen and oxygen atoms in total. The summed E-state index contributed by atoms with van der Waals surface area (Å²) in [5, 5.41) is 20.0. The molecule has 128 valence electrons. The smallest absolute Gasteiger partial charge is 0.315 e. The number of carbonyl (C=O) groups excluding carboxylic acids is 1. The molecular weight excluding hydrogens is 322 g/mol. The minimum absolute atomic E-state index is 0.122. The Bertz CT molecular complexity index is 658. The van der Waals surface area contributed by atoms with Crippen molar-refractivity contribution in [2.75, 3.05) is 24.5 Å². The van der Waals surface area contributed by atoms with Crippen molar-refractivity contribution in [1.82, 2.24) is 10.6 Å². The van der Waals surface area contributed by atoms with Crippen molar-refractivity contribution < 1.29 is 9.90 Å². The average Bonchev–Trinajstić information content (AvgIpc) is 3.26. The molecule has 2 amide bonds. The number of anilines is 1. The van der Waals surface area contributed by atoms with Gasteiger partial charge in [-0.15, -0.1) is 0 Å². The molecule has 0 radical (unpaired) electrons. The highest BCUT2D eigenvalue weighted by molar-refractivity contribution is 7.08. The quantitative estimate of drug-likeness (QED) is 0.780. The van der Waals surface area contributed by atoms with Crippen LogP contribution in [0.25, 0.3) is 0 Å². The second-order valence-electron chi connectivity index (χ2n) is 6.38. The molecule has 24 heavy (non-hydrogen) atoms. The molecule has 1 saturated heterocycles. The predicted octanol–water partition coefficient (Wildman–Crippen LogP) is 2.53. The van der Waals surface area contributed by atoms with Gasteiger partial charge >= 0.3 is 6.03 Å². The molecule has 2 heterocycles. The Morgan fingerprint density at radius 1 is 1.38 bits per heavy atom. The Balaban J connectivity index is 1.46. The van der Waals surface area contributed by atoms with Gasteiger partial charge in [-0.05, 0) is 47.9 Å². The van der Waals surface area contributed by atoms with Gasteiger partial charge in [-0.2, -0.15) is 11.3 Å². The Morgan fingerprint density at radius 3 is 2.88 bits per heavy atom. The van der Waals surface area contributed by atoms with Crippen LogP contribution < -0.4 is 15.5 Å². The number of benzene rings is 1. The fraction of sp³-hybridized carbons (Fsp3) is 0.389. The van der Waals surface area contributed by atoms with Crippen LogP contribution in [0.1, 0.15) is 18.9 Å².